The average Bonchev–Trinajstić information content (AvgIpc) is 3.32. The Morgan fingerprint density at radius 3 is 2.51 bits per heavy atom. The summed E-state index contributed by atoms with van der Waals surface area (Å²) in [6, 6.07) is 19.9. The molecule has 35 heavy (non-hydrogen) atoms. The van der Waals surface area contributed by atoms with E-state index < -0.39 is 0 Å². The first-order valence-corrected chi connectivity index (χ1v) is 12.2. The molecule has 1 atom stereocenters. The lowest BCUT2D eigenvalue weighted by atomic mass is 9.87. The average molecular weight is 491 g/mol. The Bertz CT molecular complexity index is 1300. The maximum Gasteiger partial charge on any atom is 0.220 e. The maximum atomic E-state index is 13.1. The molecule has 182 valence electrons. The van der Waals surface area contributed by atoms with Crippen LogP contribution in [0.3, 0.4) is 0 Å². The minimum atomic E-state index is -0.0887. The van der Waals surface area contributed by atoms with Crippen molar-refractivity contribution in [2.24, 2.45) is 0 Å². The molecule has 5 nitrogen and oxygen atoms in total. The van der Waals surface area contributed by atoms with Gasteiger partial charge in [-0.1, -0.05) is 54.9 Å². The number of aryl methyl sites for hydroxylation is 1. The van der Waals surface area contributed by atoms with Crippen LogP contribution in [0.4, 0.5) is 0 Å². The molecule has 0 spiro atoms. The topological polar surface area (TPSA) is 63.4 Å². The summed E-state index contributed by atoms with van der Waals surface area (Å²) in [4.78, 5) is 16.5. The van der Waals surface area contributed by atoms with E-state index >= 15 is 0 Å². The monoisotopic (exact) mass is 490 g/mol. The van der Waals surface area contributed by atoms with Gasteiger partial charge in [0.2, 0.25) is 5.91 Å². The van der Waals surface area contributed by atoms with Crippen molar-refractivity contribution < 1.29 is 14.3 Å². The Hall–Kier alpha value is -3.44. The molecular formula is C29H31ClN2O3. The largest absolute Gasteiger partial charge is 0.493 e. The SMILES string of the molecule is CCc1cccc2c([C@H](CC(=O)NCCc3ccc(OC)c(OC)c3)c3ccc(Cl)cc3)c[nH]c12. The fourth-order valence-corrected chi connectivity index (χ4v) is 4.69. The lowest BCUT2D eigenvalue weighted by Crippen LogP contribution is -2.27. The molecule has 0 aliphatic heterocycles. The number of carbonyl (C=O) groups is 1. The number of hydrogen-bond acceptors (Lipinski definition) is 3. The van der Waals surface area contributed by atoms with E-state index in [1.54, 1.807) is 14.2 Å². The third-order valence-corrected chi connectivity index (χ3v) is 6.69. The fraction of sp³-hybridized carbons (Fsp3) is 0.276. The number of halogens is 1. The Morgan fingerprint density at radius 1 is 1.03 bits per heavy atom. The van der Waals surface area contributed by atoms with E-state index in [-0.39, 0.29) is 11.8 Å². The third-order valence-electron chi connectivity index (χ3n) is 6.44. The van der Waals surface area contributed by atoms with Gasteiger partial charge in [-0.3, -0.25) is 4.79 Å². The zero-order valence-electron chi connectivity index (χ0n) is 20.4. The third kappa shape index (κ3) is 5.63. The highest BCUT2D eigenvalue weighted by Gasteiger charge is 2.22. The number of hydrogen-bond donors (Lipinski definition) is 2. The number of methoxy groups -OCH3 is 2. The van der Waals surface area contributed by atoms with E-state index in [1.807, 2.05) is 48.7 Å². The van der Waals surface area contributed by atoms with Crippen molar-refractivity contribution >= 4 is 28.4 Å². The maximum absolute atomic E-state index is 13.1. The van der Waals surface area contributed by atoms with Gasteiger partial charge in [-0.25, -0.2) is 0 Å². The summed E-state index contributed by atoms with van der Waals surface area (Å²) in [5, 5.41) is 4.93. The van der Waals surface area contributed by atoms with Gasteiger partial charge in [0.15, 0.2) is 11.5 Å². The van der Waals surface area contributed by atoms with Crippen LogP contribution in [-0.4, -0.2) is 31.7 Å². The van der Waals surface area contributed by atoms with E-state index in [2.05, 4.69) is 35.4 Å². The van der Waals surface area contributed by atoms with Gasteiger partial charge in [0.05, 0.1) is 14.2 Å². The number of fused-ring (bicyclic) bond motifs is 1. The molecule has 0 aliphatic rings. The number of aromatic amines is 1. The summed E-state index contributed by atoms with van der Waals surface area (Å²) in [7, 11) is 3.24. The highest BCUT2D eigenvalue weighted by atomic mass is 35.5. The molecular weight excluding hydrogens is 460 g/mol. The molecule has 6 heteroatoms. The van der Waals surface area contributed by atoms with Crippen molar-refractivity contribution in [1.29, 1.82) is 0 Å². The van der Waals surface area contributed by atoms with Crippen LogP contribution in [0.1, 0.15) is 41.5 Å². The summed E-state index contributed by atoms with van der Waals surface area (Å²) < 4.78 is 10.7. The Balaban J connectivity index is 1.51. The van der Waals surface area contributed by atoms with Crippen LogP contribution in [-0.2, 0) is 17.6 Å². The number of aromatic nitrogens is 1. The van der Waals surface area contributed by atoms with Crippen molar-refractivity contribution in [2.45, 2.75) is 32.1 Å². The first-order chi connectivity index (χ1) is 17.0. The second-order valence-electron chi connectivity index (χ2n) is 8.53. The molecule has 2 N–H and O–H groups in total. The number of para-hydroxylation sites is 1. The zero-order chi connectivity index (χ0) is 24.8. The van der Waals surface area contributed by atoms with Crippen molar-refractivity contribution in [3.8, 4) is 11.5 Å². The predicted molar refractivity (Wildman–Crippen MR) is 142 cm³/mol. The normalized spacial score (nSPS) is 11.9. The first-order valence-electron chi connectivity index (χ1n) is 11.9. The van der Waals surface area contributed by atoms with Crippen molar-refractivity contribution in [1.82, 2.24) is 10.3 Å². The van der Waals surface area contributed by atoms with Gasteiger partial charge in [0.1, 0.15) is 0 Å². The molecule has 0 saturated heterocycles. The summed E-state index contributed by atoms with van der Waals surface area (Å²) in [6.45, 7) is 2.69. The fourth-order valence-electron chi connectivity index (χ4n) is 4.56. The lowest BCUT2D eigenvalue weighted by molar-refractivity contribution is -0.121. The molecule has 1 amide bonds. The highest BCUT2D eigenvalue weighted by molar-refractivity contribution is 6.30. The van der Waals surface area contributed by atoms with Gasteiger partial charge in [0, 0.05) is 41.0 Å². The molecule has 0 unspecified atom stereocenters. The summed E-state index contributed by atoms with van der Waals surface area (Å²) in [5.41, 5.74) is 5.65. The molecule has 0 aliphatic carbocycles. The van der Waals surface area contributed by atoms with Crippen LogP contribution in [0.15, 0.2) is 66.9 Å². The molecule has 1 aromatic heterocycles. The number of amides is 1. The van der Waals surface area contributed by atoms with Gasteiger partial charge in [-0.05, 0) is 59.4 Å². The quantitative estimate of drug-likeness (QED) is 0.275. The molecule has 0 fully saturated rings. The number of nitrogens with one attached hydrogen (secondary N) is 2. The second kappa shape index (κ2) is 11.3. The Labute approximate surface area is 211 Å². The predicted octanol–water partition coefficient (Wildman–Crippen LogP) is 6.28. The minimum absolute atomic E-state index is 0.00595. The van der Waals surface area contributed by atoms with E-state index in [9.17, 15) is 4.79 Å². The van der Waals surface area contributed by atoms with Gasteiger partial charge < -0.3 is 19.8 Å². The van der Waals surface area contributed by atoms with Crippen LogP contribution in [0, 0.1) is 0 Å². The molecule has 0 bridgehead atoms. The summed E-state index contributed by atoms with van der Waals surface area (Å²) in [5.74, 6) is 1.29. The van der Waals surface area contributed by atoms with E-state index in [0.29, 0.717) is 35.9 Å². The number of benzene rings is 3. The number of H-pyrrole nitrogens is 1. The van der Waals surface area contributed by atoms with Gasteiger partial charge >= 0.3 is 0 Å². The molecule has 4 rings (SSSR count). The van der Waals surface area contributed by atoms with Crippen LogP contribution < -0.4 is 14.8 Å². The van der Waals surface area contributed by atoms with Gasteiger partial charge in [-0.15, -0.1) is 0 Å². The Morgan fingerprint density at radius 2 is 1.80 bits per heavy atom. The van der Waals surface area contributed by atoms with Crippen molar-refractivity contribution in [2.75, 3.05) is 20.8 Å². The van der Waals surface area contributed by atoms with E-state index in [4.69, 9.17) is 21.1 Å². The van der Waals surface area contributed by atoms with Crippen LogP contribution in [0.25, 0.3) is 10.9 Å². The molecule has 3 aromatic carbocycles. The van der Waals surface area contributed by atoms with Crippen molar-refractivity contribution in [3.63, 3.8) is 0 Å². The van der Waals surface area contributed by atoms with Crippen molar-refractivity contribution in [3.05, 3.63) is 94.1 Å². The van der Waals surface area contributed by atoms with Gasteiger partial charge in [0.25, 0.3) is 0 Å². The minimum Gasteiger partial charge on any atom is -0.493 e. The lowest BCUT2D eigenvalue weighted by Gasteiger charge is -2.18. The zero-order valence-corrected chi connectivity index (χ0v) is 21.1. The second-order valence-corrected chi connectivity index (χ2v) is 8.97. The van der Waals surface area contributed by atoms with Crippen LogP contribution >= 0.6 is 11.6 Å². The Kier molecular flexibility index (Phi) is 7.98. The molecule has 0 radical (unpaired) electrons. The standard InChI is InChI=1S/C29H31ClN2O3/c1-4-20-6-5-7-23-25(18-32-29(20)23)24(21-9-11-22(30)12-10-21)17-28(33)31-15-14-19-8-13-26(34-2)27(16-19)35-3/h5-13,16,18,24,32H,4,14-15,17H2,1-3H3,(H,31,33)/t24-/m1/s1. The van der Waals surface area contributed by atoms with Gasteiger partial charge in [-0.2, -0.15) is 0 Å². The highest BCUT2D eigenvalue weighted by Crippen LogP contribution is 2.35. The smallest absolute Gasteiger partial charge is 0.220 e. The van der Waals surface area contributed by atoms with E-state index in [0.717, 1.165) is 34.0 Å². The van der Waals surface area contributed by atoms with E-state index in [1.165, 1.54) is 5.56 Å². The summed E-state index contributed by atoms with van der Waals surface area (Å²) in [6.07, 6.45) is 4.03. The number of ether oxygens (including phenoxy) is 2. The number of rotatable bonds is 10. The summed E-state index contributed by atoms with van der Waals surface area (Å²) >= 11 is 6.15. The molecule has 0 saturated carbocycles. The first kappa shape index (κ1) is 24.7. The van der Waals surface area contributed by atoms with Crippen LogP contribution in [0.5, 0.6) is 11.5 Å². The van der Waals surface area contributed by atoms with Crippen LogP contribution in [0.2, 0.25) is 5.02 Å². The molecule has 1 heterocycles. The number of carbonyl (C=O) groups excluding carboxylic acids is 1. The molecule has 4 aromatic rings.